The molecule has 0 aliphatic carbocycles. The predicted molar refractivity (Wildman–Crippen MR) is 144 cm³/mol. The second-order valence-corrected chi connectivity index (χ2v) is 9.15. The van der Waals surface area contributed by atoms with E-state index in [2.05, 4.69) is 15.6 Å². The molecule has 13 heteroatoms. The van der Waals surface area contributed by atoms with Crippen molar-refractivity contribution in [1.29, 1.82) is 5.41 Å². The fourth-order valence-electron chi connectivity index (χ4n) is 3.64. The number of aliphatic imine (C=N–C) groups is 1. The molecule has 1 aromatic rings. The van der Waals surface area contributed by atoms with Gasteiger partial charge in [-0.2, -0.15) is 0 Å². The van der Waals surface area contributed by atoms with Crippen LogP contribution < -0.4 is 27.8 Å². The van der Waals surface area contributed by atoms with Gasteiger partial charge in [0, 0.05) is 26.2 Å². The first kappa shape index (κ1) is 31.9. The second kappa shape index (κ2) is 15.8. The molecule has 0 radical (unpaired) electrons. The Morgan fingerprint density at radius 3 is 2.05 bits per heavy atom. The van der Waals surface area contributed by atoms with E-state index in [1.54, 1.807) is 24.3 Å². The molecule has 1 unspecified atom stereocenters. The van der Waals surface area contributed by atoms with Gasteiger partial charge in [-0.15, -0.1) is 0 Å². The van der Waals surface area contributed by atoms with Crippen molar-refractivity contribution in [3.63, 3.8) is 0 Å². The SMILES string of the molecule is CCCC[C@@H](NC(=O)C(Cc1ccc(C(=N)N)cc1)C(=O)N(C)C)C(=O)N[C@@H](CCCN=C(N)N)C(=O)O. The van der Waals surface area contributed by atoms with E-state index in [1.807, 2.05) is 6.92 Å². The summed E-state index contributed by atoms with van der Waals surface area (Å²) >= 11 is 0. The smallest absolute Gasteiger partial charge is 0.326 e. The normalized spacial score (nSPS) is 12.9. The number of carboxylic acids is 1. The van der Waals surface area contributed by atoms with Crippen LogP contribution in [0.5, 0.6) is 0 Å². The van der Waals surface area contributed by atoms with Crippen molar-refractivity contribution >= 4 is 35.5 Å². The Balaban J connectivity index is 3.05. The van der Waals surface area contributed by atoms with Crippen LogP contribution >= 0.6 is 0 Å². The highest BCUT2D eigenvalue weighted by Gasteiger charge is 2.32. The molecule has 1 rings (SSSR count). The first-order valence-corrected chi connectivity index (χ1v) is 12.4. The third-order valence-electron chi connectivity index (χ3n) is 5.80. The Hall–Kier alpha value is -4.16. The van der Waals surface area contributed by atoms with E-state index < -0.39 is 41.7 Å². The third-order valence-corrected chi connectivity index (χ3v) is 5.80. The molecule has 0 spiro atoms. The maximum absolute atomic E-state index is 13.3. The molecule has 38 heavy (non-hydrogen) atoms. The van der Waals surface area contributed by atoms with Gasteiger partial charge in [-0.05, 0) is 31.2 Å². The molecule has 0 aliphatic heterocycles. The maximum Gasteiger partial charge on any atom is 0.326 e. The number of carbonyl (C=O) groups excluding carboxylic acids is 3. The fourth-order valence-corrected chi connectivity index (χ4v) is 3.64. The number of unbranched alkanes of at least 4 members (excludes halogenated alkanes) is 1. The Morgan fingerprint density at radius 2 is 1.55 bits per heavy atom. The summed E-state index contributed by atoms with van der Waals surface area (Å²) < 4.78 is 0. The number of benzene rings is 1. The van der Waals surface area contributed by atoms with Gasteiger partial charge in [0.2, 0.25) is 17.7 Å². The summed E-state index contributed by atoms with van der Waals surface area (Å²) in [7, 11) is 3.06. The zero-order valence-corrected chi connectivity index (χ0v) is 22.2. The lowest BCUT2D eigenvalue weighted by Crippen LogP contribution is -2.54. The number of amides is 3. The number of nitrogens with one attached hydrogen (secondary N) is 3. The molecule has 0 aromatic heterocycles. The Labute approximate surface area is 222 Å². The van der Waals surface area contributed by atoms with Gasteiger partial charge in [0.05, 0.1) is 0 Å². The number of hydrogen-bond donors (Lipinski definition) is 7. The molecule has 0 saturated carbocycles. The van der Waals surface area contributed by atoms with Crippen LogP contribution in [0.1, 0.15) is 50.2 Å². The van der Waals surface area contributed by atoms with Crippen LogP contribution in [0.4, 0.5) is 0 Å². The van der Waals surface area contributed by atoms with Crippen LogP contribution in [-0.4, -0.2) is 78.2 Å². The molecule has 0 saturated heterocycles. The van der Waals surface area contributed by atoms with Crippen LogP contribution in [0.2, 0.25) is 0 Å². The minimum atomic E-state index is -1.22. The molecule has 3 atom stereocenters. The van der Waals surface area contributed by atoms with Crippen molar-refractivity contribution in [2.45, 2.75) is 57.5 Å². The van der Waals surface area contributed by atoms with Gasteiger partial charge in [0.1, 0.15) is 23.8 Å². The van der Waals surface area contributed by atoms with Crippen molar-refractivity contribution in [3.05, 3.63) is 35.4 Å². The first-order chi connectivity index (χ1) is 17.9. The maximum atomic E-state index is 13.3. The zero-order chi connectivity index (χ0) is 28.8. The minimum absolute atomic E-state index is 0.0612. The van der Waals surface area contributed by atoms with Crippen LogP contribution in [0, 0.1) is 11.3 Å². The van der Waals surface area contributed by atoms with Crippen LogP contribution in [0.25, 0.3) is 0 Å². The summed E-state index contributed by atoms with van der Waals surface area (Å²) in [5.74, 6) is -4.30. The van der Waals surface area contributed by atoms with E-state index in [1.165, 1.54) is 19.0 Å². The van der Waals surface area contributed by atoms with Gasteiger partial charge < -0.3 is 37.8 Å². The molecule has 210 valence electrons. The Morgan fingerprint density at radius 1 is 0.974 bits per heavy atom. The highest BCUT2D eigenvalue weighted by Crippen LogP contribution is 2.14. The van der Waals surface area contributed by atoms with E-state index in [4.69, 9.17) is 22.6 Å². The van der Waals surface area contributed by atoms with E-state index in [-0.39, 0.29) is 37.6 Å². The predicted octanol–water partition coefficient (Wildman–Crippen LogP) is -0.484. The van der Waals surface area contributed by atoms with Crippen molar-refractivity contribution in [1.82, 2.24) is 15.5 Å². The van der Waals surface area contributed by atoms with Crippen LogP contribution in [-0.2, 0) is 25.6 Å². The standard InChI is InChI=1S/C25H40N8O5/c1-4-5-7-18(22(35)32-19(24(37)38)8-6-13-30-25(28)29)31-21(34)17(23(36)33(2)3)14-15-9-11-16(12-10-15)20(26)27/h9-12,17-19H,4-8,13-14H2,1-3H3,(H3,26,27)(H,31,34)(H,32,35)(H,37,38)(H4,28,29,30)/t17?,18-,19+/m1/s1. The van der Waals surface area contributed by atoms with Crippen molar-refractivity contribution < 1.29 is 24.3 Å². The number of nitrogens with two attached hydrogens (primary N) is 3. The topological polar surface area (TPSA) is 230 Å². The van der Waals surface area contributed by atoms with Crippen molar-refractivity contribution in [2.75, 3.05) is 20.6 Å². The third kappa shape index (κ3) is 10.8. The van der Waals surface area contributed by atoms with Gasteiger partial charge in [0.25, 0.3) is 0 Å². The number of hydrogen-bond acceptors (Lipinski definition) is 6. The van der Waals surface area contributed by atoms with Crippen LogP contribution in [0.15, 0.2) is 29.3 Å². The second-order valence-electron chi connectivity index (χ2n) is 9.15. The van der Waals surface area contributed by atoms with E-state index in [0.717, 1.165) is 6.42 Å². The zero-order valence-electron chi connectivity index (χ0n) is 22.2. The van der Waals surface area contributed by atoms with Gasteiger partial charge in [-0.25, -0.2) is 4.79 Å². The lowest BCUT2D eigenvalue weighted by atomic mass is 9.95. The van der Waals surface area contributed by atoms with Gasteiger partial charge in [-0.3, -0.25) is 24.8 Å². The highest BCUT2D eigenvalue weighted by molar-refractivity contribution is 6.02. The van der Waals surface area contributed by atoms with Crippen LogP contribution in [0.3, 0.4) is 0 Å². The molecule has 0 bridgehead atoms. The summed E-state index contributed by atoms with van der Waals surface area (Å²) in [4.78, 5) is 56.0. The molecule has 0 fully saturated rings. The highest BCUT2D eigenvalue weighted by atomic mass is 16.4. The number of amidine groups is 1. The largest absolute Gasteiger partial charge is 0.480 e. The van der Waals surface area contributed by atoms with E-state index in [0.29, 0.717) is 24.0 Å². The van der Waals surface area contributed by atoms with Crippen molar-refractivity contribution in [3.8, 4) is 0 Å². The summed E-state index contributed by atoms with van der Waals surface area (Å²) in [5.41, 5.74) is 17.2. The van der Waals surface area contributed by atoms with Gasteiger partial charge in [-0.1, -0.05) is 44.0 Å². The average Bonchev–Trinajstić information content (AvgIpc) is 2.85. The lowest BCUT2D eigenvalue weighted by Gasteiger charge is -2.25. The number of rotatable bonds is 16. The van der Waals surface area contributed by atoms with Crippen molar-refractivity contribution in [2.24, 2.45) is 28.1 Å². The lowest BCUT2D eigenvalue weighted by molar-refractivity contribution is -0.143. The summed E-state index contributed by atoms with van der Waals surface area (Å²) in [5, 5.41) is 22.2. The number of guanidine groups is 1. The van der Waals surface area contributed by atoms with Gasteiger partial charge in [0.15, 0.2) is 5.96 Å². The van der Waals surface area contributed by atoms with Gasteiger partial charge >= 0.3 is 5.97 Å². The molecule has 10 N–H and O–H groups in total. The van der Waals surface area contributed by atoms with E-state index >= 15 is 0 Å². The Bertz CT molecular complexity index is 1010. The minimum Gasteiger partial charge on any atom is -0.480 e. The average molecular weight is 533 g/mol. The number of aliphatic carboxylic acids is 1. The monoisotopic (exact) mass is 532 g/mol. The molecular weight excluding hydrogens is 492 g/mol. The molecular formula is C25H40N8O5. The first-order valence-electron chi connectivity index (χ1n) is 12.4. The fraction of sp³-hybridized carbons (Fsp3) is 0.520. The number of nitrogen functional groups attached to an aromatic ring is 1. The summed E-state index contributed by atoms with van der Waals surface area (Å²) in [6, 6.07) is 4.39. The summed E-state index contributed by atoms with van der Waals surface area (Å²) in [6.07, 6.45) is 2.08. The molecule has 13 nitrogen and oxygen atoms in total. The molecule has 0 heterocycles. The Kier molecular flexibility index (Phi) is 13.3. The number of carboxylic acid groups (broad SMARTS) is 1. The van der Waals surface area contributed by atoms with E-state index in [9.17, 15) is 24.3 Å². The molecule has 0 aliphatic rings. The molecule has 3 amide bonds. The number of nitrogens with zero attached hydrogens (tertiary/aromatic N) is 2. The quantitative estimate of drug-likeness (QED) is 0.0634. The molecule has 1 aromatic carbocycles. The number of carbonyl (C=O) groups is 4. The summed E-state index contributed by atoms with van der Waals surface area (Å²) in [6.45, 7) is 2.13.